The van der Waals surface area contributed by atoms with Crippen LogP contribution in [-0.4, -0.2) is 47.7 Å². The summed E-state index contributed by atoms with van der Waals surface area (Å²) in [5.41, 5.74) is 3.25. The van der Waals surface area contributed by atoms with Crippen molar-refractivity contribution in [3.63, 3.8) is 0 Å². The highest BCUT2D eigenvalue weighted by molar-refractivity contribution is 7.16. The number of piperazine rings is 1. The molecule has 1 fully saturated rings. The van der Waals surface area contributed by atoms with Gasteiger partial charge in [0.2, 0.25) is 0 Å². The van der Waals surface area contributed by atoms with Crippen molar-refractivity contribution in [2.24, 2.45) is 0 Å². The third kappa shape index (κ3) is 5.38. The molecule has 3 heterocycles. The number of benzene rings is 1. The van der Waals surface area contributed by atoms with Crippen LogP contribution >= 0.6 is 22.9 Å². The van der Waals surface area contributed by atoms with E-state index in [1.54, 1.807) is 11.3 Å². The molecule has 1 aromatic carbocycles. The van der Waals surface area contributed by atoms with Crippen LogP contribution < -0.4 is 20.9 Å². The number of hydrogen-bond donors (Lipinski definition) is 3. The SMILES string of the molecule is CCNc1c(Cl)ccc(/C=C/c2cnc(Nc3cc(N4CCNCC4)nc(C)n3)s2)c1C. The summed E-state index contributed by atoms with van der Waals surface area (Å²) in [5, 5.41) is 11.6. The van der Waals surface area contributed by atoms with E-state index >= 15 is 0 Å². The van der Waals surface area contributed by atoms with Gasteiger partial charge in [0.15, 0.2) is 5.13 Å². The zero-order valence-electron chi connectivity index (χ0n) is 18.6. The average Bonchev–Trinajstić information content (AvgIpc) is 3.23. The lowest BCUT2D eigenvalue weighted by Gasteiger charge is -2.28. The van der Waals surface area contributed by atoms with Crippen molar-refractivity contribution in [2.75, 3.05) is 48.3 Å². The van der Waals surface area contributed by atoms with Crippen molar-refractivity contribution in [1.82, 2.24) is 20.3 Å². The van der Waals surface area contributed by atoms with Gasteiger partial charge in [0.1, 0.15) is 17.5 Å². The Morgan fingerprint density at radius 1 is 1.19 bits per heavy atom. The van der Waals surface area contributed by atoms with Crippen LogP contribution in [0, 0.1) is 13.8 Å². The number of nitrogens with one attached hydrogen (secondary N) is 3. The van der Waals surface area contributed by atoms with E-state index in [1.807, 2.05) is 31.3 Å². The molecular formula is C23H28ClN7S. The normalized spacial score (nSPS) is 14.2. The summed E-state index contributed by atoms with van der Waals surface area (Å²) in [6.07, 6.45) is 6.04. The molecule has 3 N–H and O–H groups in total. The molecule has 7 nitrogen and oxygen atoms in total. The molecule has 0 radical (unpaired) electrons. The van der Waals surface area contributed by atoms with Crippen LogP contribution in [0.4, 0.5) is 22.5 Å². The number of anilines is 4. The largest absolute Gasteiger partial charge is 0.384 e. The summed E-state index contributed by atoms with van der Waals surface area (Å²) in [5.74, 6) is 2.46. The third-order valence-electron chi connectivity index (χ3n) is 5.26. The molecule has 1 saturated heterocycles. The summed E-state index contributed by atoms with van der Waals surface area (Å²) in [6.45, 7) is 10.7. The topological polar surface area (TPSA) is 78.0 Å². The smallest absolute Gasteiger partial charge is 0.188 e. The summed E-state index contributed by atoms with van der Waals surface area (Å²) in [7, 11) is 0. The van der Waals surface area contributed by atoms with Crippen molar-refractivity contribution in [3.05, 3.63) is 51.2 Å². The maximum atomic E-state index is 6.33. The first-order chi connectivity index (χ1) is 15.5. The summed E-state index contributed by atoms with van der Waals surface area (Å²) >= 11 is 7.91. The molecule has 0 spiro atoms. The molecule has 2 aromatic heterocycles. The summed E-state index contributed by atoms with van der Waals surface area (Å²) in [4.78, 5) is 17.0. The van der Waals surface area contributed by atoms with Crippen LogP contribution in [-0.2, 0) is 0 Å². The fourth-order valence-corrected chi connectivity index (χ4v) is 4.64. The van der Waals surface area contributed by atoms with Gasteiger partial charge in [0, 0.05) is 49.9 Å². The van der Waals surface area contributed by atoms with Gasteiger partial charge < -0.3 is 20.9 Å². The van der Waals surface area contributed by atoms with Gasteiger partial charge in [-0.25, -0.2) is 15.0 Å². The van der Waals surface area contributed by atoms with Gasteiger partial charge in [0.25, 0.3) is 0 Å². The van der Waals surface area contributed by atoms with E-state index in [1.165, 1.54) is 0 Å². The monoisotopic (exact) mass is 469 g/mol. The lowest BCUT2D eigenvalue weighted by atomic mass is 10.1. The van der Waals surface area contributed by atoms with E-state index in [0.717, 1.165) is 82.0 Å². The quantitative estimate of drug-likeness (QED) is 0.451. The van der Waals surface area contributed by atoms with Crippen molar-refractivity contribution in [3.8, 4) is 0 Å². The number of thiazole rings is 1. The lowest BCUT2D eigenvalue weighted by molar-refractivity contribution is 0.584. The van der Waals surface area contributed by atoms with Gasteiger partial charge in [-0.1, -0.05) is 35.1 Å². The maximum absolute atomic E-state index is 6.33. The molecule has 0 aliphatic carbocycles. The Balaban J connectivity index is 1.48. The third-order valence-corrected chi connectivity index (χ3v) is 6.45. The first kappa shape index (κ1) is 22.5. The second-order valence-corrected chi connectivity index (χ2v) is 9.06. The molecule has 4 rings (SSSR count). The van der Waals surface area contributed by atoms with Gasteiger partial charge in [-0.15, -0.1) is 0 Å². The highest BCUT2D eigenvalue weighted by Gasteiger charge is 2.14. The molecule has 0 bridgehead atoms. The predicted molar refractivity (Wildman–Crippen MR) is 137 cm³/mol. The van der Waals surface area contributed by atoms with E-state index < -0.39 is 0 Å². The Labute approximate surface area is 198 Å². The van der Waals surface area contributed by atoms with Gasteiger partial charge in [0.05, 0.1) is 10.7 Å². The Hall–Kier alpha value is -2.68. The highest BCUT2D eigenvalue weighted by Crippen LogP contribution is 2.30. The average molecular weight is 470 g/mol. The molecule has 0 amide bonds. The zero-order valence-corrected chi connectivity index (χ0v) is 20.1. The molecular weight excluding hydrogens is 442 g/mol. The van der Waals surface area contributed by atoms with Crippen molar-refractivity contribution >= 4 is 57.5 Å². The molecule has 1 aliphatic rings. The molecule has 3 aromatic rings. The van der Waals surface area contributed by atoms with E-state index in [2.05, 4.69) is 61.8 Å². The number of halogens is 1. The Morgan fingerprint density at radius 3 is 2.78 bits per heavy atom. The van der Waals surface area contributed by atoms with Crippen LogP contribution in [0.5, 0.6) is 0 Å². The molecule has 168 valence electrons. The number of nitrogens with zero attached hydrogens (tertiary/aromatic N) is 4. The van der Waals surface area contributed by atoms with Gasteiger partial charge >= 0.3 is 0 Å². The van der Waals surface area contributed by atoms with E-state index in [-0.39, 0.29) is 0 Å². The van der Waals surface area contributed by atoms with E-state index in [0.29, 0.717) is 0 Å². The first-order valence-electron chi connectivity index (χ1n) is 10.8. The van der Waals surface area contributed by atoms with Gasteiger partial charge in [-0.3, -0.25) is 0 Å². The molecule has 0 unspecified atom stereocenters. The minimum Gasteiger partial charge on any atom is -0.384 e. The van der Waals surface area contributed by atoms with Gasteiger partial charge in [-0.2, -0.15) is 0 Å². The Morgan fingerprint density at radius 2 is 2.00 bits per heavy atom. The maximum Gasteiger partial charge on any atom is 0.188 e. The minimum absolute atomic E-state index is 0.742. The molecule has 1 aliphatic heterocycles. The Bertz CT molecular complexity index is 1110. The minimum atomic E-state index is 0.742. The second-order valence-electron chi connectivity index (χ2n) is 7.59. The number of aromatic nitrogens is 3. The fourth-order valence-electron chi connectivity index (χ4n) is 3.64. The van der Waals surface area contributed by atoms with Crippen molar-refractivity contribution < 1.29 is 0 Å². The van der Waals surface area contributed by atoms with Crippen LogP contribution in [0.2, 0.25) is 5.02 Å². The fraction of sp³-hybridized carbons (Fsp3) is 0.348. The van der Waals surface area contributed by atoms with E-state index in [4.69, 9.17) is 11.6 Å². The zero-order chi connectivity index (χ0) is 22.5. The Kier molecular flexibility index (Phi) is 7.24. The lowest BCUT2D eigenvalue weighted by Crippen LogP contribution is -2.44. The van der Waals surface area contributed by atoms with Crippen molar-refractivity contribution in [2.45, 2.75) is 20.8 Å². The highest BCUT2D eigenvalue weighted by atomic mass is 35.5. The summed E-state index contributed by atoms with van der Waals surface area (Å²) in [6, 6.07) is 5.96. The van der Waals surface area contributed by atoms with Crippen LogP contribution in [0.25, 0.3) is 12.2 Å². The van der Waals surface area contributed by atoms with Crippen LogP contribution in [0.15, 0.2) is 24.4 Å². The predicted octanol–water partition coefficient (Wildman–Crippen LogP) is 4.96. The van der Waals surface area contributed by atoms with Crippen LogP contribution in [0.1, 0.15) is 28.8 Å². The number of hydrogen-bond acceptors (Lipinski definition) is 8. The molecule has 32 heavy (non-hydrogen) atoms. The van der Waals surface area contributed by atoms with Crippen LogP contribution in [0.3, 0.4) is 0 Å². The molecule has 0 saturated carbocycles. The molecule has 0 atom stereocenters. The first-order valence-corrected chi connectivity index (χ1v) is 12.0. The number of aryl methyl sites for hydroxylation is 1. The van der Waals surface area contributed by atoms with Crippen molar-refractivity contribution in [1.29, 1.82) is 0 Å². The standard InChI is InChI=1S/C23H28ClN7S/c1-4-26-22-15(2)17(6-8-19(22)24)5-7-18-14-27-23(32-18)30-20-13-21(29-16(3)28-20)31-11-9-25-10-12-31/h5-8,13-14,25-26H,4,9-12H2,1-3H3,(H,27,28,29,30)/b7-5+. The summed E-state index contributed by atoms with van der Waals surface area (Å²) < 4.78 is 0. The van der Waals surface area contributed by atoms with E-state index in [9.17, 15) is 0 Å². The second kappa shape index (κ2) is 10.3. The van der Waals surface area contributed by atoms with Gasteiger partial charge in [-0.05, 0) is 44.0 Å². The molecule has 9 heteroatoms. The number of rotatable bonds is 7.